The van der Waals surface area contributed by atoms with E-state index in [9.17, 15) is 0 Å². The summed E-state index contributed by atoms with van der Waals surface area (Å²) in [6, 6.07) is 10.7. The second-order valence-electron chi connectivity index (χ2n) is 2.01. The monoisotopic (exact) mass is 129 g/mol. The first-order chi connectivity index (χ1) is 4.97. The molecule has 0 bridgehead atoms. The summed E-state index contributed by atoms with van der Waals surface area (Å²) in [5.41, 5.74) is 0.894. The van der Waals surface area contributed by atoms with Crippen LogP contribution in [-0.4, -0.2) is 10.2 Å². The molecular formula is C8H5N2. The maximum Gasteiger partial charge on any atom is 0.0935 e. The zero-order valence-electron chi connectivity index (χ0n) is 5.28. The highest BCUT2D eigenvalue weighted by molar-refractivity contribution is 5.76. The summed E-state index contributed by atoms with van der Waals surface area (Å²) in [6.07, 6.45) is 1.57. The minimum Gasteiger partial charge on any atom is -0.158 e. The van der Waals surface area contributed by atoms with Crippen molar-refractivity contribution in [1.29, 1.82) is 0 Å². The van der Waals surface area contributed by atoms with Crippen molar-refractivity contribution in [2.24, 2.45) is 0 Å². The van der Waals surface area contributed by atoms with Crippen LogP contribution in [0.15, 0.2) is 30.5 Å². The molecule has 0 saturated heterocycles. The normalized spacial score (nSPS) is 10.0. The molecule has 0 atom stereocenters. The van der Waals surface area contributed by atoms with E-state index in [2.05, 4.69) is 16.3 Å². The number of hydrogen-bond acceptors (Lipinski definition) is 2. The highest BCUT2D eigenvalue weighted by Gasteiger charge is 1.88. The van der Waals surface area contributed by atoms with Crippen LogP contribution in [0.5, 0.6) is 0 Å². The van der Waals surface area contributed by atoms with Crippen LogP contribution < -0.4 is 0 Å². The van der Waals surface area contributed by atoms with Gasteiger partial charge in [-0.25, -0.2) is 0 Å². The largest absolute Gasteiger partial charge is 0.158 e. The molecule has 1 heterocycles. The minimum atomic E-state index is 0.894. The molecule has 2 nitrogen and oxygen atoms in total. The van der Waals surface area contributed by atoms with E-state index in [1.54, 1.807) is 6.20 Å². The molecule has 0 saturated carbocycles. The number of nitrogens with zero attached hydrogens (tertiary/aromatic N) is 2. The van der Waals surface area contributed by atoms with E-state index in [0.717, 1.165) is 10.9 Å². The summed E-state index contributed by atoms with van der Waals surface area (Å²) < 4.78 is 0. The molecule has 47 valence electrons. The third-order valence-electron chi connectivity index (χ3n) is 1.35. The maximum absolute atomic E-state index is 3.90. The second kappa shape index (κ2) is 2.06. The molecule has 1 aromatic heterocycles. The molecule has 1 aromatic carbocycles. The van der Waals surface area contributed by atoms with Crippen LogP contribution in [-0.2, 0) is 0 Å². The number of benzene rings is 1. The van der Waals surface area contributed by atoms with Crippen molar-refractivity contribution >= 4 is 10.9 Å². The Bertz CT molecular complexity index is 278. The first-order valence-electron chi connectivity index (χ1n) is 3.05. The van der Waals surface area contributed by atoms with Crippen molar-refractivity contribution in [3.8, 4) is 0 Å². The molecule has 0 aliphatic heterocycles. The number of rotatable bonds is 0. The van der Waals surface area contributed by atoms with E-state index in [-0.39, 0.29) is 0 Å². The van der Waals surface area contributed by atoms with Crippen molar-refractivity contribution in [2.45, 2.75) is 0 Å². The molecule has 10 heavy (non-hydrogen) atoms. The average molecular weight is 129 g/mol. The van der Waals surface area contributed by atoms with Crippen LogP contribution in [0.2, 0.25) is 0 Å². The molecule has 0 aliphatic rings. The molecule has 1 radical (unpaired) electrons. The van der Waals surface area contributed by atoms with Crippen LogP contribution in [0.4, 0.5) is 0 Å². The number of aromatic nitrogens is 2. The Morgan fingerprint density at radius 3 is 3.00 bits per heavy atom. The van der Waals surface area contributed by atoms with Gasteiger partial charge in [0.2, 0.25) is 0 Å². The first kappa shape index (κ1) is 5.35. The van der Waals surface area contributed by atoms with Crippen molar-refractivity contribution in [3.05, 3.63) is 36.5 Å². The lowest BCUT2D eigenvalue weighted by Gasteiger charge is -1.89. The van der Waals surface area contributed by atoms with Gasteiger partial charge in [0.25, 0.3) is 0 Å². The van der Waals surface area contributed by atoms with Gasteiger partial charge < -0.3 is 0 Å². The third-order valence-corrected chi connectivity index (χ3v) is 1.35. The van der Waals surface area contributed by atoms with Crippen molar-refractivity contribution in [3.63, 3.8) is 0 Å². The first-order valence-corrected chi connectivity index (χ1v) is 3.05. The summed E-state index contributed by atoms with van der Waals surface area (Å²) in [7, 11) is 0. The van der Waals surface area contributed by atoms with Gasteiger partial charge in [-0.2, -0.15) is 10.2 Å². The molecular weight excluding hydrogens is 124 g/mol. The SMILES string of the molecule is [c]1cnnc2ccccc12. The van der Waals surface area contributed by atoms with Crippen LogP contribution in [0.25, 0.3) is 10.9 Å². The molecule has 0 N–H and O–H groups in total. The zero-order valence-corrected chi connectivity index (χ0v) is 5.28. The number of hydrogen-bond donors (Lipinski definition) is 0. The maximum atomic E-state index is 3.90. The van der Waals surface area contributed by atoms with Crippen molar-refractivity contribution in [2.75, 3.05) is 0 Å². The molecule has 0 fully saturated rings. The van der Waals surface area contributed by atoms with E-state index in [1.807, 2.05) is 24.3 Å². The minimum absolute atomic E-state index is 0.894. The standard InChI is InChI=1S/C8H5N2/c1-2-4-8-7(3-1)5-6-9-10-8/h1-4,6H. The van der Waals surface area contributed by atoms with E-state index >= 15 is 0 Å². The van der Waals surface area contributed by atoms with Gasteiger partial charge in [0.15, 0.2) is 0 Å². The van der Waals surface area contributed by atoms with Gasteiger partial charge >= 0.3 is 0 Å². The topological polar surface area (TPSA) is 25.8 Å². The van der Waals surface area contributed by atoms with Gasteiger partial charge in [0.1, 0.15) is 0 Å². The summed E-state index contributed by atoms with van der Waals surface area (Å²) in [4.78, 5) is 0. The fraction of sp³-hybridized carbons (Fsp3) is 0. The Morgan fingerprint density at radius 1 is 1.20 bits per heavy atom. The highest BCUT2D eigenvalue weighted by Crippen LogP contribution is 2.05. The van der Waals surface area contributed by atoms with Crippen LogP contribution in [0, 0.1) is 6.07 Å². The predicted molar refractivity (Wildman–Crippen MR) is 38.4 cm³/mol. The Morgan fingerprint density at radius 2 is 2.10 bits per heavy atom. The molecule has 0 unspecified atom stereocenters. The lowest BCUT2D eigenvalue weighted by Crippen LogP contribution is -1.80. The van der Waals surface area contributed by atoms with Crippen molar-refractivity contribution < 1.29 is 0 Å². The third kappa shape index (κ3) is 0.739. The van der Waals surface area contributed by atoms with Crippen LogP contribution in [0.1, 0.15) is 0 Å². The van der Waals surface area contributed by atoms with Gasteiger partial charge in [-0.15, -0.1) is 0 Å². The van der Waals surface area contributed by atoms with Gasteiger partial charge in [-0.05, 0) is 6.07 Å². The van der Waals surface area contributed by atoms with E-state index < -0.39 is 0 Å². The zero-order chi connectivity index (χ0) is 6.81. The Labute approximate surface area is 58.5 Å². The van der Waals surface area contributed by atoms with Gasteiger partial charge in [0.05, 0.1) is 11.7 Å². The van der Waals surface area contributed by atoms with E-state index in [4.69, 9.17) is 0 Å². The molecule has 2 heteroatoms. The Kier molecular flexibility index (Phi) is 1.10. The summed E-state index contributed by atoms with van der Waals surface area (Å²) in [5.74, 6) is 0. The highest BCUT2D eigenvalue weighted by atomic mass is 15.1. The molecule has 0 aliphatic carbocycles. The fourth-order valence-electron chi connectivity index (χ4n) is 0.872. The molecule has 0 spiro atoms. The lowest BCUT2D eigenvalue weighted by atomic mass is 10.2. The Hall–Kier alpha value is -1.44. The van der Waals surface area contributed by atoms with Crippen LogP contribution in [0.3, 0.4) is 0 Å². The van der Waals surface area contributed by atoms with Gasteiger partial charge in [-0.3, -0.25) is 0 Å². The van der Waals surface area contributed by atoms with Gasteiger partial charge in [-0.1, -0.05) is 18.2 Å². The number of fused-ring (bicyclic) bond motifs is 1. The lowest BCUT2D eigenvalue weighted by molar-refractivity contribution is 1.07. The van der Waals surface area contributed by atoms with Crippen LogP contribution >= 0.6 is 0 Å². The quantitative estimate of drug-likeness (QED) is 0.537. The average Bonchev–Trinajstić information content (AvgIpc) is 2.05. The summed E-state index contributed by atoms with van der Waals surface area (Å²) in [6.45, 7) is 0. The fourth-order valence-corrected chi connectivity index (χ4v) is 0.872. The summed E-state index contributed by atoms with van der Waals surface area (Å²) >= 11 is 0. The second-order valence-corrected chi connectivity index (χ2v) is 2.01. The summed E-state index contributed by atoms with van der Waals surface area (Å²) in [5, 5.41) is 8.62. The molecule has 2 aromatic rings. The van der Waals surface area contributed by atoms with E-state index in [1.165, 1.54) is 0 Å². The smallest absolute Gasteiger partial charge is 0.0935 e. The van der Waals surface area contributed by atoms with E-state index in [0.29, 0.717) is 0 Å². The van der Waals surface area contributed by atoms with Crippen molar-refractivity contribution in [1.82, 2.24) is 10.2 Å². The molecule has 2 rings (SSSR count). The Balaban J connectivity index is 2.89. The molecule has 0 amide bonds. The predicted octanol–water partition coefficient (Wildman–Crippen LogP) is 1.43. The van der Waals surface area contributed by atoms with Gasteiger partial charge in [0, 0.05) is 11.5 Å².